The summed E-state index contributed by atoms with van der Waals surface area (Å²) >= 11 is 5.60. The van der Waals surface area contributed by atoms with Crippen LogP contribution in [0.5, 0.6) is 0 Å². The van der Waals surface area contributed by atoms with Gasteiger partial charge in [0.15, 0.2) is 17.6 Å². The number of hydrogen-bond donors (Lipinski definition) is 0. The number of ether oxygens (including phenoxy) is 6. The van der Waals surface area contributed by atoms with E-state index in [-0.39, 0.29) is 11.8 Å². The van der Waals surface area contributed by atoms with Gasteiger partial charge in [0.05, 0.1) is 28.4 Å². The molecule has 0 aliphatic heterocycles. The van der Waals surface area contributed by atoms with E-state index < -0.39 is 18.2 Å². The minimum atomic E-state index is -0.769. The van der Waals surface area contributed by atoms with Crippen LogP contribution >= 0.6 is 11.6 Å². The lowest BCUT2D eigenvalue weighted by Crippen LogP contribution is -2.37. The number of alkyl halides is 1. The van der Waals surface area contributed by atoms with Gasteiger partial charge in [0.1, 0.15) is 23.5 Å². The maximum absolute atomic E-state index is 11.8. The summed E-state index contributed by atoms with van der Waals surface area (Å²) in [7, 11) is 7.75. The average molecular weight is 427 g/mol. The van der Waals surface area contributed by atoms with Crippen LogP contribution in [0.4, 0.5) is 0 Å². The van der Waals surface area contributed by atoms with Gasteiger partial charge in [-0.1, -0.05) is 18.7 Å². The Hall–Kier alpha value is -2.38. The van der Waals surface area contributed by atoms with Crippen molar-refractivity contribution in [3.8, 4) is 0 Å². The second-order valence-corrected chi connectivity index (χ2v) is 6.58. The molecule has 0 saturated carbocycles. The lowest BCUT2D eigenvalue weighted by molar-refractivity contribution is -0.151. The van der Waals surface area contributed by atoms with Crippen molar-refractivity contribution in [1.29, 1.82) is 0 Å². The number of methoxy groups -OCH3 is 5. The molecule has 0 saturated heterocycles. The van der Waals surface area contributed by atoms with Gasteiger partial charge in [0, 0.05) is 25.0 Å². The summed E-state index contributed by atoms with van der Waals surface area (Å²) in [5, 5.41) is 0. The van der Waals surface area contributed by atoms with Crippen molar-refractivity contribution in [1.82, 2.24) is 0 Å². The third-order valence-corrected chi connectivity index (χ3v) is 5.05. The fourth-order valence-corrected chi connectivity index (χ4v) is 3.45. The van der Waals surface area contributed by atoms with Gasteiger partial charge < -0.3 is 28.4 Å². The van der Waals surface area contributed by atoms with Crippen LogP contribution in [-0.2, 0) is 33.2 Å². The van der Waals surface area contributed by atoms with E-state index in [0.717, 1.165) is 5.57 Å². The Bertz CT molecular complexity index is 763. The van der Waals surface area contributed by atoms with Crippen molar-refractivity contribution in [2.24, 2.45) is 5.92 Å². The maximum atomic E-state index is 11.8. The highest BCUT2D eigenvalue weighted by atomic mass is 35.5. The van der Waals surface area contributed by atoms with Crippen LogP contribution < -0.4 is 0 Å². The van der Waals surface area contributed by atoms with Crippen molar-refractivity contribution < 1.29 is 33.2 Å². The van der Waals surface area contributed by atoms with E-state index in [1.54, 1.807) is 27.4 Å². The number of rotatable bonds is 9. The maximum Gasteiger partial charge on any atom is 0.321 e. The Kier molecular flexibility index (Phi) is 8.22. The zero-order valence-electron chi connectivity index (χ0n) is 17.3. The number of esters is 1. The third kappa shape index (κ3) is 4.79. The number of carbonyl (C=O) groups is 1. The Morgan fingerprint density at radius 2 is 1.86 bits per heavy atom. The average Bonchev–Trinajstić information content (AvgIpc) is 2.76. The normalized spacial score (nSPS) is 24.1. The predicted molar refractivity (Wildman–Crippen MR) is 108 cm³/mol. The summed E-state index contributed by atoms with van der Waals surface area (Å²) in [6.07, 6.45) is 4.82. The fraction of sp³-hybridized carbons (Fsp3) is 0.476. The van der Waals surface area contributed by atoms with Gasteiger partial charge in [-0.25, -0.2) is 0 Å². The first kappa shape index (κ1) is 22.9. The molecule has 3 unspecified atom stereocenters. The van der Waals surface area contributed by atoms with E-state index in [0.29, 0.717) is 35.0 Å². The smallest absolute Gasteiger partial charge is 0.321 e. The molecule has 0 spiro atoms. The summed E-state index contributed by atoms with van der Waals surface area (Å²) in [5.74, 6) is 1.21. The third-order valence-electron chi connectivity index (χ3n) is 4.83. The molecule has 3 atom stereocenters. The molecule has 2 aliphatic carbocycles. The molecule has 0 bridgehead atoms. The molecule has 0 radical (unpaired) electrons. The molecule has 0 aromatic rings. The number of carbonyl (C=O) groups excluding carboxylic acids is 1. The zero-order valence-corrected chi connectivity index (χ0v) is 18.1. The lowest BCUT2D eigenvalue weighted by atomic mass is 9.83. The van der Waals surface area contributed by atoms with E-state index in [2.05, 4.69) is 6.58 Å². The van der Waals surface area contributed by atoms with Crippen LogP contribution in [0.1, 0.15) is 6.42 Å². The summed E-state index contributed by atoms with van der Waals surface area (Å²) in [4.78, 5) is 11.8. The molecule has 29 heavy (non-hydrogen) atoms. The second-order valence-electron chi connectivity index (χ2n) is 6.32. The monoisotopic (exact) mass is 426 g/mol. The SMILES string of the molecule is C=C(C1=C(OC)C(OC(=O)CCl)C(OC)C=C1)C1C=C(OC)C(OC)=C(OC)C1. The van der Waals surface area contributed by atoms with E-state index in [9.17, 15) is 4.79 Å². The second kappa shape index (κ2) is 10.4. The van der Waals surface area contributed by atoms with Crippen molar-refractivity contribution in [2.75, 3.05) is 41.4 Å². The first-order valence-corrected chi connectivity index (χ1v) is 9.50. The number of allylic oxidation sites excluding steroid dienone is 5. The molecular weight excluding hydrogens is 400 g/mol. The van der Waals surface area contributed by atoms with Crippen molar-refractivity contribution in [3.05, 3.63) is 59.0 Å². The number of halogens is 1. The minimum absolute atomic E-state index is 0.146. The standard InChI is InChI=1S/C21H27ClO7/c1-12(13-9-16(25-3)20(28-6)17(10-13)26-4)14-7-8-15(24-2)21(19(14)27-5)29-18(23)11-22/h7-9,13,15,21H,1,10-11H2,2-6H3. The molecule has 8 heteroatoms. The zero-order chi connectivity index (χ0) is 21.6. The summed E-state index contributed by atoms with van der Waals surface area (Å²) in [6.45, 7) is 4.26. The lowest BCUT2D eigenvalue weighted by Gasteiger charge is -2.32. The van der Waals surface area contributed by atoms with Gasteiger partial charge in [-0.05, 0) is 11.6 Å². The highest BCUT2D eigenvalue weighted by molar-refractivity contribution is 6.26. The predicted octanol–water partition coefficient (Wildman–Crippen LogP) is 3.23. The summed E-state index contributed by atoms with van der Waals surface area (Å²) in [6, 6.07) is 0. The van der Waals surface area contributed by atoms with Gasteiger partial charge in [-0.15, -0.1) is 11.6 Å². The van der Waals surface area contributed by atoms with E-state index in [4.69, 9.17) is 40.0 Å². The summed E-state index contributed by atoms with van der Waals surface area (Å²) in [5.41, 5.74) is 1.46. The van der Waals surface area contributed by atoms with Gasteiger partial charge in [0.25, 0.3) is 0 Å². The molecule has 7 nitrogen and oxygen atoms in total. The summed E-state index contributed by atoms with van der Waals surface area (Å²) < 4.78 is 32.9. The number of hydrogen-bond acceptors (Lipinski definition) is 7. The van der Waals surface area contributed by atoms with Gasteiger partial charge in [0.2, 0.25) is 0 Å². The van der Waals surface area contributed by atoms with Crippen LogP contribution in [0, 0.1) is 5.92 Å². The Morgan fingerprint density at radius 1 is 1.14 bits per heavy atom. The molecule has 0 amide bonds. The molecule has 0 heterocycles. The topological polar surface area (TPSA) is 72.5 Å². The van der Waals surface area contributed by atoms with Crippen molar-refractivity contribution >= 4 is 17.6 Å². The molecular formula is C21H27ClO7. The largest absolute Gasteiger partial charge is 0.497 e. The molecule has 0 aromatic heterocycles. The molecule has 2 rings (SSSR count). The van der Waals surface area contributed by atoms with Crippen LogP contribution in [0.15, 0.2) is 59.0 Å². The van der Waals surface area contributed by atoms with E-state index in [1.165, 1.54) is 14.2 Å². The Morgan fingerprint density at radius 3 is 2.38 bits per heavy atom. The highest BCUT2D eigenvalue weighted by Crippen LogP contribution is 2.39. The molecule has 0 N–H and O–H groups in total. The fourth-order valence-electron chi connectivity index (χ4n) is 3.39. The molecule has 0 aromatic carbocycles. The highest BCUT2D eigenvalue weighted by Gasteiger charge is 2.36. The quantitative estimate of drug-likeness (QED) is 0.414. The van der Waals surface area contributed by atoms with Crippen LogP contribution in [0.2, 0.25) is 0 Å². The van der Waals surface area contributed by atoms with E-state index in [1.807, 2.05) is 12.2 Å². The minimum Gasteiger partial charge on any atom is -0.497 e. The Balaban J connectivity index is 2.42. The van der Waals surface area contributed by atoms with Crippen molar-refractivity contribution in [2.45, 2.75) is 18.6 Å². The Labute approximate surface area is 176 Å². The molecule has 160 valence electrons. The first-order valence-electron chi connectivity index (χ1n) is 8.96. The van der Waals surface area contributed by atoms with Crippen LogP contribution in [0.25, 0.3) is 0 Å². The molecule has 2 aliphatic rings. The first-order chi connectivity index (χ1) is 13.9. The van der Waals surface area contributed by atoms with Gasteiger partial charge in [-0.3, -0.25) is 4.79 Å². The van der Waals surface area contributed by atoms with Crippen LogP contribution in [-0.4, -0.2) is 59.6 Å². The van der Waals surface area contributed by atoms with Crippen LogP contribution in [0.3, 0.4) is 0 Å². The van der Waals surface area contributed by atoms with E-state index >= 15 is 0 Å². The molecule has 0 fully saturated rings. The van der Waals surface area contributed by atoms with Crippen molar-refractivity contribution in [3.63, 3.8) is 0 Å². The van der Waals surface area contributed by atoms with Gasteiger partial charge >= 0.3 is 5.97 Å². The van der Waals surface area contributed by atoms with Gasteiger partial charge in [-0.2, -0.15) is 0 Å².